The van der Waals surface area contributed by atoms with Crippen molar-refractivity contribution in [2.24, 2.45) is 11.3 Å². The maximum atomic E-state index is 9.65. The van der Waals surface area contributed by atoms with Gasteiger partial charge in [0, 0.05) is 0 Å². The molecule has 1 aromatic carbocycles. The van der Waals surface area contributed by atoms with E-state index in [0.717, 1.165) is 30.7 Å². The smallest absolute Gasteiger partial charge is 0.0693 e. The van der Waals surface area contributed by atoms with E-state index in [1.165, 1.54) is 25.7 Å². The van der Waals surface area contributed by atoms with E-state index < -0.39 is 0 Å². The summed E-state index contributed by atoms with van der Waals surface area (Å²) in [4.78, 5) is 0. The van der Waals surface area contributed by atoms with Gasteiger partial charge < -0.3 is 0 Å². The lowest BCUT2D eigenvalue weighted by Crippen LogP contribution is -2.28. The number of hydrogen-bond acceptors (Lipinski definition) is 1. The third kappa shape index (κ3) is 3.48. The van der Waals surface area contributed by atoms with Gasteiger partial charge in [-0.05, 0) is 49.7 Å². The van der Waals surface area contributed by atoms with E-state index >= 15 is 0 Å². The third-order valence-electron chi connectivity index (χ3n) is 4.56. The standard InChI is InChI=1S/C17H21Cl2N/c1-2-4-13-7-9-17(12-20,10-8-13)11-14-5-3-6-15(18)16(14)19/h3,5-6,13H,2,4,7-11H2,1H3. The molecule has 0 N–H and O–H groups in total. The Morgan fingerprint density at radius 2 is 2.00 bits per heavy atom. The molecule has 3 heteroatoms. The molecule has 1 aliphatic carbocycles. The highest BCUT2D eigenvalue weighted by atomic mass is 35.5. The largest absolute Gasteiger partial charge is 0.198 e. The molecule has 0 radical (unpaired) electrons. The van der Waals surface area contributed by atoms with Gasteiger partial charge >= 0.3 is 0 Å². The van der Waals surface area contributed by atoms with Gasteiger partial charge in [0.15, 0.2) is 0 Å². The molecule has 0 atom stereocenters. The summed E-state index contributed by atoms with van der Waals surface area (Å²) < 4.78 is 0. The predicted molar refractivity (Wildman–Crippen MR) is 85.1 cm³/mol. The molecule has 0 spiro atoms. The van der Waals surface area contributed by atoms with Gasteiger partial charge in [-0.15, -0.1) is 0 Å². The molecule has 0 aromatic heterocycles. The molecule has 0 saturated heterocycles. The van der Waals surface area contributed by atoms with Crippen molar-refractivity contribution < 1.29 is 0 Å². The molecule has 1 aromatic rings. The highest BCUT2D eigenvalue weighted by Crippen LogP contribution is 2.43. The fourth-order valence-corrected chi connectivity index (χ4v) is 3.69. The molecule has 108 valence electrons. The van der Waals surface area contributed by atoms with Crippen molar-refractivity contribution in [2.45, 2.75) is 51.9 Å². The lowest BCUT2D eigenvalue weighted by atomic mass is 9.67. The van der Waals surface area contributed by atoms with Crippen molar-refractivity contribution in [1.29, 1.82) is 5.26 Å². The first-order valence-electron chi connectivity index (χ1n) is 7.44. The van der Waals surface area contributed by atoms with Crippen LogP contribution < -0.4 is 0 Å². The average molecular weight is 310 g/mol. The molecule has 1 aliphatic rings. The van der Waals surface area contributed by atoms with Gasteiger partial charge in [0.1, 0.15) is 0 Å². The number of hydrogen-bond donors (Lipinski definition) is 0. The second-order valence-electron chi connectivity index (χ2n) is 6.01. The number of halogens is 2. The molecule has 0 bridgehead atoms. The molecule has 1 nitrogen and oxygen atoms in total. The van der Waals surface area contributed by atoms with E-state index in [4.69, 9.17) is 23.2 Å². The Labute approximate surface area is 131 Å². The maximum Gasteiger partial charge on any atom is 0.0693 e. The van der Waals surface area contributed by atoms with Crippen LogP contribution in [0.15, 0.2) is 18.2 Å². The zero-order valence-corrected chi connectivity index (χ0v) is 13.5. The molecule has 0 unspecified atom stereocenters. The third-order valence-corrected chi connectivity index (χ3v) is 5.41. The number of benzene rings is 1. The Bertz CT molecular complexity index is 496. The number of nitrogens with zero attached hydrogens (tertiary/aromatic N) is 1. The van der Waals surface area contributed by atoms with E-state index in [1.807, 2.05) is 12.1 Å². The quantitative estimate of drug-likeness (QED) is 0.665. The lowest BCUT2D eigenvalue weighted by Gasteiger charge is -2.35. The Morgan fingerprint density at radius 3 is 2.60 bits per heavy atom. The van der Waals surface area contributed by atoms with Crippen LogP contribution in [0.25, 0.3) is 0 Å². The summed E-state index contributed by atoms with van der Waals surface area (Å²) >= 11 is 12.3. The summed E-state index contributed by atoms with van der Waals surface area (Å²) in [5.41, 5.74) is 0.758. The van der Waals surface area contributed by atoms with Crippen molar-refractivity contribution in [3.05, 3.63) is 33.8 Å². The van der Waals surface area contributed by atoms with Crippen molar-refractivity contribution in [3.8, 4) is 6.07 Å². The first-order valence-corrected chi connectivity index (χ1v) is 8.20. The molecular formula is C17H21Cl2N. The van der Waals surface area contributed by atoms with Gasteiger partial charge in [-0.25, -0.2) is 0 Å². The molecule has 1 saturated carbocycles. The molecule has 2 rings (SSSR count). The number of nitriles is 1. The van der Waals surface area contributed by atoms with E-state index in [9.17, 15) is 5.26 Å². The van der Waals surface area contributed by atoms with Crippen molar-refractivity contribution in [1.82, 2.24) is 0 Å². The topological polar surface area (TPSA) is 23.8 Å². The van der Waals surface area contributed by atoms with Crippen LogP contribution in [0.2, 0.25) is 10.0 Å². The molecule has 0 amide bonds. The van der Waals surface area contributed by atoms with Crippen LogP contribution in [0, 0.1) is 22.7 Å². The van der Waals surface area contributed by atoms with E-state index in [0.29, 0.717) is 10.0 Å². The van der Waals surface area contributed by atoms with Crippen LogP contribution in [0.1, 0.15) is 51.0 Å². The van der Waals surface area contributed by atoms with Crippen LogP contribution in [0.4, 0.5) is 0 Å². The van der Waals surface area contributed by atoms with Crippen molar-refractivity contribution in [2.75, 3.05) is 0 Å². The Kier molecular flexibility index (Phi) is 5.35. The van der Waals surface area contributed by atoms with E-state index in [2.05, 4.69) is 13.0 Å². The number of rotatable bonds is 4. The van der Waals surface area contributed by atoms with Crippen LogP contribution in [-0.2, 0) is 6.42 Å². The fourth-order valence-electron chi connectivity index (χ4n) is 3.30. The zero-order chi connectivity index (χ0) is 14.6. The Balaban J connectivity index is 2.10. The van der Waals surface area contributed by atoms with Gasteiger partial charge in [0.05, 0.1) is 21.5 Å². The first kappa shape index (κ1) is 15.7. The highest BCUT2D eigenvalue weighted by molar-refractivity contribution is 6.42. The second kappa shape index (κ2) is 6.83. The summed E-state index contributed by atoms with van der Waals surface area (Å²) in [7, 11) is 0. The summed E-state index contributed by atoms with van der Waals surface area (Å²) in [5, 5.41) is 10.8. The van der Waals surface area contributed by atoms with Gasteiger partial charge in [-0.2, -0.15) is 5.26 Å². The zero-order valence-electron chi connectivity index (χ0n) is 12.0. The molecule has 0 aliphatic heterocycles. The normalized spacial score (nSPS) is 26.2. The van der Waals surface area contributed by atoms with Gasteiger partial charge in [0.2, 0.25) is 0 Å². The fraction of sp³-hybridized carbons (Fsp3) is 0.588. The monoisotopic (exact) mass is 309 g/mol. The summed E-state index contributed by atoms with van der Waals surface area (Å²) in [6.07, 6.45) is 7.55. The van der Waals surface area contributed by atoms with Crippen LogP contribution >= 0.6 is 23.2 Å². The molecule has 0 heterocycles. The molecule has 1 fully saturated rings. The van der Waals surface area contributed by atoms with E-state index in [-0.39, 0.29) is 5.41 Å². The minimum absolute atomic E-state index is 0.251. The van der Waals surface area contributed by atoms with Crippen LogP contribution in [0.3, 0.4) is 0 Å². The average Bonchev–Trinajstić information content (AvgIpc) is 2.46. The van der Waals surface area contributed by atoms with Crippen molar-refractivity contribution in [3.63, 3.8) is 0 Å². The summed E-state index contributed by atoms with van der Waals surface area (Å²) in [6, 6.07) is 8.28. The van der Waals surface area contributed by atoms with Crippen molar-refractivity contribution >= 4 is 23.2 Å². The summed E-state index contributed by atoms with van der Waals surface area (Å²) in [5.74, 6) is 0.802. The minimum atomic E-state index is -0.251. The summed E-state index contributed by atoms with van der Waals surface area (Å²) in [6.45, 7) is 2.23. The SMILES string of the molecule is CCCC1CCC(C#N)(Cc2cccc(Cl)c2Cl)CC1. The predicted octanol–water partition coefficient (Wildman–Crippen LogP) is 6.04. The van der Waals surface area contributed by atoms with Gasteiger partial charge in [0.25, 0.3) is 0 Å². The van der Waals surface area contributed by atoms with Gasteiger partial charge in [-0.1, -0.05) is 55.1 Å². The maximum absolute atomic E-state index is 9.65. The Hall–Kier alpha value is -0.710. The molecule has 20 heavy (non-hydrogen) atoms. The first-order chi connectivity index (χ1) is 9.60. The van der Waals surface area contributed by atoms with E-state index in [1.54, 1.807) is 6.07 Å². The minimum Gasteiger partial charge on any atom is -0.198 e. The lowest BCUT2D eigenvalue weighted by molar-refractivity contribution is 0.201. The highest BCUT2D eigenvalue weighted by Gasteiger charge is 2.35. The Morgan fingerprint density at radius 1 is 1.30 bits per heavy atom. The van der Waals surface area contributed by atoms with Crippen LogP contribution in [-0.4, -0.2) is 0 Å². The van der Waals surface area contributed by atoms with Crippen LogP contribution in [0.5, 0.6) is 0 Å². The molecular weight excluding hydrogens is 289 g/mol. The van der Waals surface area contributed by atoms with Gasteiger partial charge in [-0.3, -0.25) is 0 Å². The second-order valence-corrected chi connectivity index (χ2v) is 6.80.